The van der Waals surface area contributed by atoms with Crippen molar-refractivity contribution in [3.63, 3.8) is 0 Å². The van der Waals surface area contributed by atoms with Crippen LogP contribution in [-0.4, -0.2) is 41.2 Å². The topological polar surface area (TPSA) is 84.3 Å². The maximum Gasteiger partial charge on any atom is 0.253 e. The van der Waals surface area contributed by atoms with Gasteiger partial charge in [-0.15, -0.1) is 11.5 Å². The first kappa shape index (κ1) is 17.9. The first-order chi connectivity index (χ1) is 13.1. The lowest BCUT2D eigenvalue weighted by Gasteiger charge is -2.50. The van der Waals surface area contributed by atoms with Gasteiger partial charge in [-0.2, -0.15) is 0 Å². The molecule has 5 atom stereocenters. The average molecular weight is 369 g/mol. The number of rotatable bonds is 6. The minimum absolute atomic E-state index is 0.00814. The third kappa shape index (κ3) is 3.17. The molecule has 3 aliphatic heterocycles. The highest BCUT2D eigenvalue weighted by Crippen LogP contribution is 2.42. The summed E-state index contributed by atoms with van der Waals surface area (Å²) in [5, 5.41) is 14.5. The molecule has 3 fully saturated rings. The van der Waals surface area contributed by atoms with E-state index in [1.165, 1.54) is 0 Å². The highest BCUT2D eigenvalue weighted by molar-refractivity contribution is 5.84. The van der Waals surface area contributed by atoms with Crippen molar-refractivity contribution in [3.05, 3.63) is 47.4 Å². The molecular formula is C20H23N3O4. The third-order valence-electron chi connectivity index (χ3n) is 5.99. The minimum atomic E-state index is -0.731. The van der Waals surface area contributed by atoms with Crippen LogP contribution in [0.25, 0.3) is 10.9 Å². The molecule has 7 nitrogen and oxygen atoms in total. The number of nitrogens with zero attached hydrogens (tertiary/aromatic N) is 3. The van der Waals surface area contributed by atoms with Gasteiger partial charge in [-0.3, -0.25) is 4.90 Å². The molecule has 0 radical (unpaired) electrons. The first-order valence-electron chi connectivity index (χ1n) is 9.17. The second-order valence-corrected chi connectivity index (χ2v) is 7.29. The summed E-state index contributed by atoms with van der Waals surface area (Å²) in [6, 6.07) is 7.02. The van der Waals surface area contributed by atoms with E-state index in [0.717, 1.165) is 31.3 Å². The van der Waals surface area contributed by atoms with Crippen molar-refractivity contribution in [2.75, 3.05) is 20.2 Å². The predicted octanol–water partition coefficient (Wildman–Crippen LogP) is 3.23. The second kappa shape index (κ2) is 7.25. The van der Waals surface area contributed by atoms with Crippen molar-refractivity contribution in [2.45, 2.75) is 25.0 Å². The zero-order valence-corrected chi connectivity index (χ0v) is 15.2. The van der Waals surface area contributed by atoms with Gasteiger partial charge in [-0.05, 0) is 55.0 Å². The highest BCUT2D eigenvalue weighted by atomic mass is 16.7. The first-order valence-corrected chi connectivity index (χ1v) is 9.17. The SMILES string of the molecule is C=C[C@H]1CN2CC[C@H]1C[C@@H]2[C@@H](O)c1cc(ON=O)nc2ccc(OC)cc12. The Kier molecular flexibility index (Phi) is 4.80. The zero-order valence-electron chi connectivity index (χ0n) is 15.2. The van der Waals surface area contributed by atoms with Crippen molar-refractivity contribution in [1.82, 2.24) is 9.88 Å². The summed E-state index contributed by atoms with van der Waals surface area (Å²) >= 11 is 0. The molecule has 27 heavy (non-hydrogen) atoms. The number of aliphatic hydroxyl groups is 1. The van der Waals surface area contributed by atoms with E-state index in [1.54, 1.807) is 25.3 Å². The maximum atomic E-state index is 11.3. The summed E-state index contributed by atoms with van der Waals surface area (Å²) in [4.78, 5) is 21.9. The predicted molar refractivity (Wildman–Crippen MR) is 101 cm³/mol. The van der Waals surface area contributed by atoms with Crippen molar-refractivity contribution in [3.8, 4) is 11.6 Å². The molecule has 2 bridgehead atoms. The molecule has 1 unspecified atom stereocenters. The lowest BCUT2D eigenvalue weighted by molar-refractivity contribution is -0.0445. The fraction of sp³-hybridized carbons (Fsp3) is 0.450. The molecule has 3 saturated heterocycles. The molecule has 1 N–H and O–H groups in total. The lowest BCUT2D eigenvalue weighted by Crippen LogP contribution is -2.54. The standard InChI is InChI=1S/C20H23N3O4/c1-3-12-11-23-7-6-13(12)8-18(23)20(24)16-10-19(27-22-25)21-17-5-4-14(26-2)9-15(16)17/h3-5,9-10,12-13,18,20,24H,1,6-8,11H2,2H3/t12-,13-,18+,20-/m0/s1. The number of hydrogen-bond acceptors (Lipinski definition) is 7. The normalized spacial score (nSPS) is 27.9. The van der Waals surface area contributed by atoms with Gasteiger partial charge in [0.15, 0.2) is 5.34 Å². The number of benzene rings is 1. The summed E-state index contributed by atoms with van der Waals surface area (Å²) in [7, 11) is 1.60. The molecule has 2 aromatic rings. The molecule has 0 spiro atoms. The van der Waals surface area contributed by atoms with Gasteiger partial charge >= 0.3 is 0 Å². The molecule has 0 saturated carbocycles. The second-order valence-electron chi connectivity index (χ2n) is 7.29. The Balaban J connectivity index is 1.75. The number of ether oxygens (including phenoxy) is 1. The Morgan fingerprint density at radius 3 is 2.96 bits per heavy atom. The number of hydrogen-bond donors (Lipinski definition) is 1. The Labute approximate surface area is 157 Å². The van der Waals surface area contributed by atoms with Crippen LogP contribution in [0.15, 0.2) is 42.3 Å². The number of aliphatic hydroxyl groups excluding tert-OH is 1. The van der Waals surface area contributed by atoms with E-state index in [-0.39, 0.29) is 11.9 Å². The Morgan fingerprint density at radius 2 is 2.30 bits per heavy atom. The summed E-state index contributed by atoms with van der Waals surface area (Å²) in [6.45, 7) is 5.85. The smallest absolute Gasteiger partial charge is 0.253 e. The van der Waals surface area contributed by atoms with Gasteiger partial charge in [0, 0.05) is 24.0 Å². The van der Waals surface area contributed by atoms with Crippen LogP contribution in [0.3, 0.4) is 0 Å². The fourth-order valence-electron chi connectivity index (χ4n) is 4.58. The monoisotopic (exact) mass is 369 g/mol. The van der Waals surface area contributed by atoms with Crippen LogP contribution in [0.4, 0.5) is 0 Å². The molecule has 3 aliphatic rings. The Morgan fingerprint density at radius 1 is 1.44 bits per heavy atom. The van der Waals surface area contributed by atoms with Crippen molar-refractivity contribution in [2.24, 2.45) is 17.2 Å². The third-order valence-corrected chi connectivity index (χ3v) is 5.99. The molecule has 0 aliphatic carbocycles. The van der Waals surface area contributed by atoms with E-state index in [4.69, 9.17) is 9.57 Å². The molecule has 7 heteroatoms. The van der Waals surface area contributed by atoms with Gasteiger partial charge in [-0.25, -0.2) is 4.98 Å². The number of methoxy groups -OCH3 is 1. The molecule has 0 amide bonds. The number of aromatic nitrogens is 1. The van der Waals surface area contributed by atoms with E-state index in [1.807, 2.05) is 12.1 Å². The summed E-state index contributed by atoms with van der Waals surface area (Å²) in [5.41, 5.74) is 1.29. The van der Waals surface area contributed by atoms with Crippen LogP contribution in [0.2, 0.25) is 0 Å². The molecule has 1 aromatic heterocycles. The van der Waals surface area contributed by atoms with Crippen molar-refractivity contribution < 1.29 is 14.7 Å². The summed E-state index contributed by atoms with van der Waals surface area (Å²) in [6.07, 6.45) is 3.35. The van der Waals surface area contributed by atoms with E-state index < -0.39 is 6.10 Å². The summed E-state index contributed by atoms with van der Waals surface area (Å²) in [5.74, 6) is 1.78. The minimum Gasteiger partial charge on any atom is -0.497 e. The highest BCUT2D eigenvalue weighted by Gasteiger charge is 2.42. The number of piperidine rings is 3. The van der Waals surface area contributed by atoms with Crippen LogP contribution < -0.4 is 9.57 Å². The van der Waals surface area contributed by atoms with Crippen LogP contribution in [0.1, 0.15) is 24.5 Å². The molecule has 5 rings (SSSR count). The largest absolute Gasteiger partial charge is 0.497 e. The van der Waals surface area contributed by atoms with E-state index in [0.29, 0.717) is 28.7 Å². The fourth-order valence-corrected chi connectivity index (χ4v) is 4.58. The van der Waals surface area contributed by atoms with Gasteiger partial charge in [0.25, 0.3) is 5.88 Å². The van der Waals surface area contributed by atoms with Gasteiger partial charge < -0.3 is 14.7 Å². The van der Waals surface area contributed by atoms with Crippen molar-refractivity contribution in [1.29, 1.82) is 0 Å². The van der Waals surface area contributed by atoms with Gasteiger partial charge in [0.1, 0.15) is 5.75 Å². The molecule has 142 valence electrons. The summed E-state index contributed by atoms with van der Waals surface area (Å²) < 4.78 is 5.33. The van der Waals surface area contributed by atoms with Crippen LogP contribution >= 0.6 is 0 Å². The molecular weight excluding hydrogens is 346 g/mol. The lowest BCUT2D eigenvalue weighted by atomic mass is 9.73. The average Bonchev–Trinajstić information content (AvgIpc) is 2.72. The maximum absolute atomic E-state index is 11.3. The number of fused-ring (bicyclic) bond motifs is 4. The van der Waals surface area contributed by atoms with Crippen LogP contribution in [-0.2, 0) is 0 Å². The molecule has 1 aromatic carbocycles. The number of pyridine rings is 1. The van der Waals surface area contributed by atoms with Crippen molar-refractivity contribution >= 4 is 10.9 Å². The quantitative estimate of drug-likeness (QED) is 0.478. The Hall–Kier alpha value is -2.51. The zero-order chi connectivity index (χ0) is 19.0. The van der Waals surface area contributed by atoms with Crippen LogP contribution in [0.5, 0.6) is 11.6 Å². The molecule has 4 heterocycles. The van der Waals surface area contributed by atoms with E-state index in [2.05, 4.69) is 21.8 Å². The Bertz CT molecular complexity index is 872. The van der Waals surface area contributed by atoms with Gasteiger partial charge in [0.05, 0.1) is 18.7 Å². The van der Waals surface area contributed by atoms with E-state index in [9.17, 15) is 10.0 Å². The van der Waals surface area contributed by atoms with Gasteiger partial charge in [-0.1, -0.05) is 6.08 Å². The van der Waals surface area contributed by atoms with Gasteiger partial charge in [0.2, 0.25) is 0 Å². The van der Waals surface area contributed by atoms with Crippen LogP contribution in [0, 0.1) is 16.7 Å². The van der Waals surface area contributed by atoms with E-state index >= 15 is 0 Å².